The highest BCUT2D eigenvalue weighted by atomic mass is 16.5. The first-order valence-corrected chi connectivity index (χ1v) is 7.08. The molecule has 0 radical (unpaired) electrons. The first-order valence-electron chi connectivity index (χ1n) is 7.08. The summed E-state index contributed by atoms with van der Waals surface area (Å²) in [5, 5.41) is 1.08. The summed E-state index contributed by atoms with van der Waals surface area (Å²) in [6.07, 6.45) is 5.29. The van der Waals surface area contributed by atoms with E-state index in [-0.39, 0.29) is 0 Å². The third-order valence-electron chi connectivity index (χ3n) is 3.95. The van der Waals surface area contributed by atoms with Crippen LogP contribution in [0.4, 0.5) is 0 Å². The van der Waals surface area contributed by atoms with Crippen LogP contribution < -0.4 is 10.5 Å². The quantitative estimate of drug-likeness (QED) is 0.893. The molecule has 0 atom stereocenters. The van der Waals surface area contributed by atoms with Crippen molar-refractivity contribution in [1.82, 2.24) is 4.98 Å². The Morgan fingerprint density at radius 1 is 1.26 bits per heavy atom. The summed E-state index contributed by atoms with van der Waals surface area (Å²) >= 11 is 0. The number of nitrogens with two attached hydrogens (primary N) is 1. The molecule has 3 nitrogen and oxygen atoms in total. The Bertz CT molecular complexity index is 564. The number of para-hydroxylation sites is 1. The minimum absolute atomic E-state index is 0.448. The number of fused-ring (bicyclic) bond motifs is 1. The summed E-state index contributed by atoms with van der Waals surface area (Å²) in [7, 11) is 0. The lowest BCUT2D eigenvalue weighted by molar-refractivity contribution is 0.223. The highest BCUT2D eigenvalue weighted by Gasteiger charge is 2.17. The number of rotatable bonds is 5. The van der Waals surface area contributed by atoms with E-state index in [0.717, 1.165) is 41.3 Å². The molecule has 0 spiro atoms. The molecule has 1 aromatic heterocycles. The van der Waals surface area contributed by atoms with Gasteiger partial charge in [0, 0.05) is 18.0 Å². The summed E-state index contributed by atoms with van der Waals surface area (Å²) in [4.78, 5) is 4.52. The molecule has 1 heterocycles. The molecule has 2 aromatic rings. The van der Waals surface area contributed by atoms with Gasteiger partial charge in [-0.25, -0.2) is 0 Å². The van der Waals surface area contributed by atoms with E-state index in [9.17, 15) is 0 Å². The van der Waals surface area contributed by atoms with Gasteiger partial charge in [-0.2, -0.15) is 0 Å². The zero-order chi connectivity index (χ0) is 13.1. The number of pyridine rings is 1. The maximum absolute atomic E-state index is 5.97. The van der Waals surface area contributed by atoms with Crippen molar-refractivity contribution in [3.05, 3.63) is 36.0 Å². The lowest BCUT2D eigenvalue weighted by Crippen LogP contribution is -2.14. The zero-order valence-corrected chi connectivity index (χ0v) is 11.1. The van der Waals surface area contributed by atoms with Crippen LogP contribution in [-0.2, 0) is 6.54 Å². The van der Waals surface area contributed by atoms with Crippen LogP contribution in [0, 0.1) is 5.92 Å². The van der Waals surface area contributed by atoms with Crippen LogP contribution >= 0.6 is 0 Å². The second-order valence-electron chi connectivity index (χ2n) is 5.27. The zero-order valence-electron chi connectivity index (χ0n) is 11.1. The highest BCUT2D eigenvalue weighted by molar-refractivity contribution is 5.85. The molecule has 0 unspecified atom stereocenters. The Kier molecular flexibility index (Phi) is 3.65. The highest BCUT2D eigenvalue weighted by Crippen LogP contribution is 2.30. The van der Waals surface area contributed by atoms with Gasteiger partial charge >= 0.3 is 0 Å². The SMILES string of the molecule is NCc1cc(OCCC2CCC2)c2ccccc2n1. The molecule has 1 aromatic carbocycles. The maximum atomic E-state index is 5.97. The molecule has 3 rings (SSSR count). The fraction of sp³-hybridized carbons (Fsp3) is 0.438. The fourth-order valence-electron chi connectivity index (χ4n) is 2.54. The molecule has 1 aliphatic carbocycles. The van der Waals surface area contributed by atoms with Crippen molar-refractivity contribution in [2.24, 2.45) is 11.7 Å². The van der Waals surface area contributed by atoms with E-state index in [0.29, 0.717) is 6.54 Å². The van der Waals surface area contributed by atoms with Crippen molar-refractivity contribution in [3.8, 4) is 5.75 Å². The van der Waals surface area contributed by atoms with Gasteiger partial charge in [-0.05, 0) is 24.5 Å². The lowest BCUT2D eigenvalue weighted by atomic mass is 9.83. The van der Waals surface area contributed by atoms with Crippen molar-refractivity contribution in [3.63, 3.8) is 0 Å². The summed E-state index contributed by atoms with van der Waals surface area (Å²) in [5.74, 6) is 1.80. The predicted molar refractivity (Wildman–Crippen MR) is 77.1 cm³/mol. The van der Waals surface area contributed by atoms with Gasteiger partial charge in [0.15, 0.2) is 0 Å². The van der Waals surface area contributed by atoms with Crippen molar-refractivity contribution < 1.29 is 4.74 Å². The van der Waals surface area contributed by atoms with Gasteiger partial charge in [-0.3, -0.25) is 4.98 Å². The van der Waals surface area contributed by atoms with Crippen molar-refractivity contribution in [2.75, 3.05) is 6.61 Å². The van der Waals surface area contributed by atoms with Crippen LogP contribution in [0.25, 0.3) is 10.9 Å². The second kappa shape index (κ2) is 5.57. The summed E-state index contributed by atoms with van der Waals surface area (Å²) in [6, 6.07) is 10.1. The first kappa shape index (κ1) is 12.4. The first-order chi connectivity index (χ1) is 9.36. The van der Waals surface area contributed by atoms with E-state index in [1.807, 2.05) is 24.3 Å². The van der Waals surface area contributed by atoms with Gasteiger partial charge in [0.05, 0.1) is 17.8 Å². The molecule has 0 bridgehead atoms. The van der Waals surface area contributed by atoms with Crippen LogP contribution in [0.1, 0.15) is 31.4 Å². The van der Waals surface area contributed by atoms with Crippen LogP contribution in [0.2, 0.25) is 0 Å². The average molecular weight is 256 g/mol. The van der Waals surface area contributed by atoms with Crippen LogP contribution in [0.3, 0.4) is 0 Å². The van der Waals surface area contributed by atoms with E-state index in [1.54, 1.807) is 0 Å². The van der Waals surface area contributed by atoms with E-state index in [4.69, 9.17) is 10.5 Å². The largest absolute Gasteiger partial charge is 0.493 e. The molecule has 0 amide bonds. The number of aromatic nitrogens is 1. The number of nitrogens with zero attached hydrogens (tertiary/aromatic N) is 1. The number of hydrogen-bond acceptors (Lipinski definition) is 3. The monoisotopic (exact) mass is 256 g/mol. The smallest absolute Gasteiger partial charge is 0.130 e. The predicted octanol–water partition coefficient (Wildman–Crippen LogP) is 3.26. The fourth-order valence-corrected chi connectivity index (χ4v) is 2.54. The topological polar surface area (TPSA) is 48.1 Å². The van der Waals surface area contributed by atoms with E-state index in [2.05, 4.69) is 11.1 Å². The Morgan fingerprint density at radius 2 is 2.11 bits per heavy atom. The van der Waals surface area contributed by atoms with Gasteiger partial charge < -0.3 is 10.5 Å². The van der Waals surface area contributed by atoms with E-state index >= 15 is 0 Å². The molecule has 100 valence electrons. The standard InChI is InChI=1S/C16H20N2O/c17-11-13-10-16(19-9-8-12-4-3-5-12)14-6-1-2-7-15(14)18-13/h1-2,6-7,10,12H,3-5,8-9,11,17H2. The molecule has 1 saturated carbocycles. The van der Waals surface area contributed by atoms with Gasteiger partial charge in [0.25, 0.3) is 0 Å². The third kappa shape index (κ3) is 2.71. The Balaban J connectivity index is 1.79. The van der Waals surface area contributed by atoms with Crippen molar-refractivity contribution in [2.45, 2.75) is 32.2 Å². The van der Waals surface area contributed by atoms with Gasteiger partial charge in [0.1, 0.15) is 5.75 Å². The van der Waals surface area contributed by atoms with Gasteiger partial charge in [-0.1, -0.05) is 31.4 Å². The number of benzene rings is 1. The molecule has 3 heteroatoms. The summed E-state index contributed by atoms with van der Waals surface area (Å²) in [5.41, 5.74) is 7.55. The van der Waals surface area contributed by atoms with Crippen LogP contribution in [0.15, 0.2) is 30.3 Å². The average Bonchev–Trinajstić information content (AvgIpc) is 2.41. The van der Waals surface area contributed by atoms with Crippen molar-refractivity contribution >= 4 is 10.9 Å². The lowest BCUT2D eigenvalue weighted by Gasteiger charge is -2.25. The maximum Gasteiger partial charge on any atom is 0.130 e. The second-order valence-corrected chi connectivity index (χ2v) is 5.27. The third-order valence-corrected chi connectivity index (χ3v) is 3.95. The van der Waals surface area contributed by atoms with Crippen LogP contribution in [-0.4, -0.2) is 11.6 Å². The normalized spacial score (nSPS) is 15.4. The molecular formula is C16H20N2O. The van der Waals surface area contributed by atoms with Crippen LogP contribution in [0.5, 0.6) is 5.75 Å². The number of hydrogen-bond donors (Lipinski definition) is 1. The number of ether oxygens (including phenoxy) is 1. The van der Waals surface area contributed by atoms with Crippen molar-refractivity contribution in [1.29, 1.82) is 0 Å². The van der Waals surface area contributed by atoms with E-state index in [1.165, 1.54) is 19.3 Å². The van der Waals surface area contributed by atoms with Gasteiger partial charge in [0.2, 0.25) is 0 Å². The Labute approximate surface area is 113 Å². The molecule has 19 heavy (non-hydrogen) atoms. The molecule has 0 saturated heterocycles. The van der Waals surface area contributed by atoms with E-state index < -0.39 is 0 Å². The minimum atomic E-state index is 0.448. The molecular weight excluding hydrogens is 236 g/mol. The summed E-state index contributed by atoms with van der Waals surface area (Å²) in [6.45, 7) is 1.24. The molecule has 2 N–H and O–H groups in total. The Morgan fingerprint density at radius 3 is 2.84 bits per heavy atom. The summed E-state index contributed by atoms with van der Waals surface area (Å²) < 4.78 is 5.97. The minimum Gasteiger partial charge on any atom is -0.493 e. The molecule has 1 aliphatic rings. The van der Waals surface area contributed by atoms with Gasteiger partial charge in [-0.15, -0.1) is 0 Å². The molecule has 1 fully saturated rings. The molecule has 0 aliphatic heterocycles. The Hall–Kier alpha value is -1.61.